The lowest BCUT2D eigenvalue weighted by Crippen LogP contribution is -2.36. The van der Waals surface area contributed by atoms with Crippen LogP contribution in [0.5, 0.6) is 0 Å². The zero-order valence-electron chi connectivity index (χ0n) is 10.7. The molecule has 20 heavy (non-hydrogen) atoms. The number of carboxylic acid groups (broad SMARTS) is 1. The average Bonchev–Trinajstić information content (AvgIpc) is 2.96. The number of amides is 1. The van der Waals surface area contributed by atoms with E-state index in [9.17, 15) is 9.59 Å². The molecular weight excluding hydrogens is 258 g/mol. The fourth-order valence-corrected chi connectivity index (χ4v) is 2.37. The molecule has 6 nitrogen and oxygen atoms in total. The molecule has 2 N–H and O–H groups in total. The Morgan fingerprint density at radius 1 is 1.25 bits per heavy atom. The van der Waals surface area contributed by atoms with Gasteiger partial charge in [-0.05, 0) is 17.5 Å². The number of carbonyl (C=O) groups is 2. The Hall–Kier alpha value is -2.63. The van der Waals surface area contributed by atoms with Gasteiger partial charge in [-0.3, -0.25) is 9.89 Å². The van der Waals surface area contributed by atoms with Gasteiger partial charge in [0.2, 0.25) is 0 Å². The zero-order valence-corrected chi connectivity index (χ0v) is 10.7. The highest BCUT2D eigenvalue weighted by Gasteiger charge is 2.24. The minimum atomic E-state index is -1.12. The van der Waals surface area contributed by atoms with Crippen LogP contribution in [0.15, 0.2) is 30.3 Å². The Labute approximate surface area is 115 Å². The molecule has 1 aromatic heterocycles. The van der Waals surface area contributed by atoms with Crippen LogP contribution in [0.4, 0.5) is 0 Å². The molecule has 0 spiro atoms. The quantitative estimate of drug-likeness (QED) is 0.862. The second-order valence-electron chi connectivity index (χ2n) is 4.72. The average molecular weight is 271 g/mol. The molecule has 0 radical (unpaired) electrons. The number of hydrogen-bond acceptors (Lipinski definition) is 3. The van der Waals surface area contributed by atoms with Crippen molar-refractivity contribution in [1.29, 1.82) is 0 Å². The Morgan fingerprint density at radius 3 is 2.70 bits per heavy atom. The van der Waals surface area contributed by atoms with Crippen molar-refractivity contribution in [2.45, 2.75) is 13.0 Å². The van der Waals surface area contributed by atoms with Gasteiger partial charge in [-0.15, -0.1) is 0 Å². The van der Waals surface area contributed by atoms with Crippen LogP contribution < -0.4 is 0 Å². The number of benzene rings is 1. The zero-order chi connectivity index (χ0) is 14.1. The lowest BCUT2D eigenvalue weighted by molar-refractivity contribution is 0.0689. The third-order valence-corrected chi connectivity index (χ3v) is 3.45. The second-order valence-corrected chi connectivity index (χ2v) is 4.72. The SMILES string of the molecule is O=C(O)c1cc(C(=O)N2CCc3ccccc3C2)n[nH]1. The number of fused-ring (bicyclic) bond motifs is 1. The molecule has 0 unspecified atom stereocenters. The van der Waals surface area contributed by atoms with Crippen molar-refractivity contribution in [3.05, 3.63) is 52.8 Å². The number of nitrogens with one attached hydrogen (secondary N) is 1. The Morgan fingerprint density at radius 2 is 2.00 bits per heavy atom. The maximum Gasteiger partial charge on any atom is 0.353 e. The van der Waals surface area contributed by atoms with Crippen molar-refractivity contribution in [2.75, 3.05) is 6.54 Å². The molecule has 102 valence electrons. The third-order valence-electron chi connectivity index (χ3n) is 3.45. The van der Waals surface area contributed by atoms with Crippen LogP contribution in [0.2, 0.25) is 0 Å². The molecule has 0 saturated heterocycles. The number of rotatable bonds is 2. The standard InChI is InChI=1S/C14H13N3O3/c18-13(11-7-12(14(19)20)16-15-11)17-6-5-9-3-1-2-4-10(9)8-17/h1-4,7H,5-6,8H2,(H,15,16)(H,19,20). The minimum Gasteiger partial charge on any atom is -0.477 e. The van der Waals surface area contributed by atoms with Gasteiger partial charge in [0.25, 0.3) is 5.91 Å². The van der Waals surface area contributed by atoms with Crippen LogP contribution >= 0.6 is 0 Å². The number of hydrogen-bond donors (Lipinski definition) is 2. The van der Waals surface area contributed by atoms with Gasteiger partial charge in [-0.2, -0.15) is 5.10 Å². The van der Waals surface area contributed by atoms with Gasteiger partial charge in [0.15, 0.2) is 5.69 Å². The van der Waals surface area contributed by atoms with E-state index in [0.717, 1.165) is 12.0 Å². The van der Waals surface area contributed by atoms with Crippen LogP contribution in [-0.2, 0) is 13.0 Å². The fourth-order valence-electron chi connectivity index (χ4n) is 2.37. The van der Waals surface area contributed by atoms with Crippen LogP contribution in [-0.4, -0.2) is 38.6 Å². The highest BCUT2D eigenvalue weighted by atomic mass is 16.4. The minimum absolute atomic E-state index is 0.0780. The smallest absolute Gasteiger partial charge is 0.353 e. The molecule has 0 fully saturated rings. The first kappa shape index (κ1) is 12.4. The summed E-state index contributed by atoms with van der Waals surface area (Å²) in [5, 5.41) is 14.9. The first-order chi connectivity index (χ1) is 9.65. The molecular formula is C14H13N3O3. The summed E-state index contributed by atoms with van der Waals surface area (Å²) in [4.78, 5) is 24.8. The summed E-state index contributed by atoms with van der Waals surface area (Å²) < 4.78 is 0. The molecule has 3 rings (SSSR count). The van der Waals surface area contributed by atoms with Gasteiger partial charge in [-0.25, -0.2) is 4.79 Å². The number of carboxylic acids is 1. The Bertz CT molecular complexity index is 678. The summed E-state index contributed by atoms with van der Waals surface area (Å²) in [5.74, 6) is -1.37. The fraction of sp³-hybridized carbons (Fsp3) is 0.214. The largest absolute Gasteiger partial charge is 0.477 e. The maximum atomic E-state index is 12.3. The van der Waals surface area contributed by atoms with E-state index in [2.05, 4.69) is 16.3 Å². The van der Waals surface area contributed by atoms with Crippen molar-refractivity contribution >= 4 is 11.9 Å². The van der Waals surface area contributed by atoms with E-state index < -0.39 is 5.97 Å². The number of nitrogens with zero attached hydrogens (tertiary/aromatic N) is 2. The lowest BCUT2D eigenvalue weighted by atomic mass is 10.00. The molecule has 1 aromatic carbocycles. The Kier molecular flexibility index (Phi) is 2.98. The summed E-state index contributed by atoms with van der Waals surface area (Å²) in [6, 6.07) is 9.27. The van der Waals surface area contributed by atoms with Crippen molar-refractivity contribution < 1.29 is 14.7 Å². The normalized spacial score (nSPS) is 13.9. The monoisotopic (exact) mass is 271 g/mol. The molecule has 1 aliphatic rings. The molecule has 6 heteroatoms. The van der Waals surface area contributed by atoms with Gasteiger partial charge in [0, 0.05) is 19.2 Å². The molecule has 0 bridgehead atoms. The molecule has 0 saturated carbocycles. The summed E-state index contributed by atoms with van der Waals surface area (Å²) >= 11 is 0. The van der Waals surface area contributed by atoms with Crippen molar-refractivity contribution in [3.8, 4) is 0 Å². The van der Waals surface area contributed by atoms with Crippen LogP contribution in [0.25, 0.3) is 0 Å². The van der Waals surface area contributed by atoms with Crippen molar-refractivity contribution in [2.24, 2.45) is 0 Å². The number of H-pyrrole nitrogens is 1. The van der Waals surface area contributed by atoms with Gasteiger partial charge >= 0.3 is 5.97 Å². The first-order valence-electron chi connectivity index (χ1n) is 6.30. The van der Waals surface area contributed by atoms with Gasteiger partial charge in [-0.1, -0.05) is 24.3 Å². The highest BCUT2D eigenvalue weighted by Crippen LogP contribution is 2.19. The van der Waals surface area contributed by atoms with E-state index in [4.69, 9.17) is 5.11 Å². The van der Waals surface area contributed by atoms with Crippen molar-refractivity contribution in [1.82, 2.24) is 15.1 Å². The first-order valence-corrected chi connectivity index (χ1v) is 6.30. The summed E-state index contributed by atoms with van der Waals surface area (Å²) in [6.07, 6.45) is 0.804. The number of aromatic nitrogens is 2. The van der Waals surface area contributed by atoms with E-state index in [1.54, 1.807) is 4.90 Å². The van der Waals surface area contributed by atoms with E-state index >= 15 is 0 Å². The van der Waals surface area contributed by atoms with E-state index in [1.165, 1.54) is 11.6 Å². The summed E-state index contributed by atoms with van der Waals surface area (Å²) in [6.45, 7) is 1.15. The second kappa shape index (κ2) is 4.80. The highest BCUT2D eigenvalue weighted by molar-refractivity contribution is 5.95. The van der Waals surface area contributed by atoms with Crippen LogP contribution in [0.3, 0.4) is 0 Å². The van der Waals surface area contributed by atoms with Gasteiger partial charge in [0.05, 0.1) is 0 Å². The molecule has 0 aliphatic carbocycles. The topological polar surface area (TPSA) is 86.3 Å². The number of aromatic amines is 1. The number of aromatic carboxylic acids is 1. The molecule has 2 aromatic rings. The molecule has 1 aliphatic heterocycles. The predicted molar refractivity (Wildman–Crippen MR) is 70.4 cm³/mol. The van der Waals surface area contributed by atoms with E-state index in [-0.39, 0.29) is 17.3 Å². The third kappa shape index (κ3) is 2.16. The molecule has 1 amide bonds. The summed E-state index contributed by atoms with van der Waals surface area (Å²) in [7, 11) is 0. The van der Waals surface area contributed by atoms with Crippen LogP contribution in [0, 0.1) is 0 Å². The van der Waals surface area contributed by atoms with E-state index in [0.29, 0.717) is 13.1 Å². The van der Waals surface area contributed by atoms with E-state index in [1.807, 2.05) is 18.2 Å². The maximum absolute atomic E-state index is 12.3. The van der Waals surface area contributed by atoms with Gasteiger partial charge in [0.1, 0.15) is 5.69 Å². The van der Waals surface area contributed by atoms with Gasteiger partial charge < -0.3 is 10.0 Å². The molecule has 0 atom stereocenters. The number of carbonyl (C=O) groups excluding carboxylic acids is 1. The summed E-state index contributed by atoms with van der Waals surface area (Å²) in [5.41, 5.74) is 2.44. The molecule has 2 heterocycles. The predicted octanol–water partition coefficient (Wildman–Crippen LogP) is 1.31. The van der Waals surface area contributed by atoms with Crippen LogP contribution in [0.1, 0.15) is 32.1 Å². The lowest BCUT2D eigenvalue weighted by Gasteiger charge is -2.28. The Balaban J connectivity index is 1.80. The van der Waals surface area contributed by atoms with Crippen molar-refractivity contribution in [3.63, 3.8) is 0 Å².